The maximum Gasteiger partial charge on any atom is 0.337 e. The molecule has 2 aliphatic rings. The molecule has 0 spiro atoms. The third kappa shape index (κ3) is 2.80. The van der Waals surface area contributed by atoms with E-state index in [9.17, 15) is 14.9 Å². The minimum absolute atomic E-state index is 0.0145. The van der Waals surface area contributed by atoms with Crippen LogP contribution >= 0.6 is 0 Å². The van der Waals surface area contributed by atoms with E-state index >= 15 is 0 Å². The van der Waals surface area contributed by atoms with E-state index in [0.29, 0.717) is 12.5 Å². The highest BCUT2D eigenvalue weighted by Gasteiger charge is 2.41. The van der Waals surface area contributed by atoms with Crippen LogP contribution in [0.25, 0.3) is 0 Å². The van der Waals surface area contributed by atoms with Gasteiger partial charge in [0, 0.05) is 18.9 Å². The molecule has 21 heavy (non-hydrogen) atoms. The van der Waals surface area contributed by atoms with E-state index in [1.165, 1.54) is 0 Å². The number of hydrogen-bond acceptors (Lipinski definition) is 6. The van der Waals surface area contributed by atoms with Gasteiger partial charge in [0.15, 0.2) is 0 Å². The quantitative estimate of drug-likeness (QED) is 0.626. The number of aromatic nitrogens is 1. The number of nitro groups is 1. The first kappa shape index (κ1) is 13.7. The zero-order valence-corrected chi connectivity index (χ0v) is 11.2. The van der Waals surface area contributed by atoms with Gasteiger partial charge in [-0.15, -0.1) is 0 Å². The number of nitrogens with one attached hydrogen (secondary N) is 1. The number of carboxylic acids is 1. The fourth-order valence-electron chi connectivity index (χ4n) is 2.65. The largest absolute Gasteiger partial charge is 0.478 e. The normalized spacial score (nSPS) is 24.8. The first-order valence-electron chi connectivity index (χ1n) is 6.82. The van der Waals surface area contributed by atoms with Gasteiger partial charge in [-0.2, -0.15) is 0 Å². The van der Waals surface area contributed by atoms with Crippen LogP contribution in [-0.4, -0.2) is 39.7 Å². The second-order valence-corrected chi connectivity index (χ2v) is 5.37. The van der Waals surface area contributed by atoms with Crippen LogP contribution in [0.1, 0.15) is 29.6 Å². The molecular weight excluding hydrogens is 278 g/mol. The molecular formula is C13H15N3O5. The number of carbonyl (C=O) groups is 1. The molecule has 0 amide bonds. The number of anilines is 1. The minimum Gasteiger partial charge on any atom is -0.478 e. The van der Waals surface area contributed by atoms with E-state index in [4.69, 9.17) is 9.84 Å². The molecule has 1 aromatic rings. The Morgan fingerprint density at radius 1 is 1.48 bits per heavy atom. The molecule has 2 N–H and O–H groups in total. The highest BCUT2D eigenvalue weighted by Crippen LogP contribution is 2.40. The molecule has 0 bridgehead atoms. The van der Waals surface area contributed by atoms with Gasteiger partial charge in [0.2, 0.25) is 5.82 Å². The lowest BCUT2D eigenvalue weighted by atomic mass is 10.1. The Morgan fingerprint density at radius 2 is 2.24 bits per heavy atom. The van der Waals surface area contributed by atoms with Crippen LogP contribution in [0.15, 0.2) is 12.3 Å². The number of pyridine rings is 1. The zero-order valence-electron chi connectivity index (χ0n) is 11.2. The third-order valence-corrected chi connectivity index (χ3v) is 3.86. The van der Waals surface area contributed by atoms with E-state index in [1.54, 1.807) is 0 Å². The highest BCUT2D eigenvalue weighted by molar-refractivity contribution is 5.88. The van der Waals surface area contributed by atoms with Crippen LogP contribution in [0.5, 0.6) is 0 Å². The summed E-state index contributed by atoms with van der Waals surface area (Å²) in [7, 11) is 0. The molecule has 8 nitrogen and oxygen atoms in total. The maximum atomic E-state index is 11.1. The van der Waals surface area contributed by atoms with E-state index in [2.05, 4.69) is 10.3 Å². The molecule has 2 unspecified atom stereocenters. The predicted octanol–water partition coefficient (Wildman–Crippen LogP) is 1.67. The van der Waals surface area contributed by atoms with Gasteiger partial charge in [0.1, 0.15) is 0 Å². The Bertz CT molecular complexity index is 587. The van der Waals surface area contributed by atoms with Gasteiger partial charge in [-0.3, -0.25) is 10.1 Å². The average molecular weight is 293 g/mol. The van der Waals surface area contributed by atoms with Crippen molar-refractivity contribution < 1.29 is 19.6 Å². The van der Waals surface area contributed by atoms with E-state index in [-0.39, 0.29) is 29.2 Å². The minimum atomic E-state index is -1.24. The standard InChI is InChI=1S/C13H15N3O5/c17-13(18)8-5-10(16(19)20)12(14-6-8)15-9-3-4-21-11(9)7-1-2-7/h5-7,9,11H,1-4H2,(H,14,15)(H,17,18). The second kappa shape index (κ2) is 5.28. The van der Waals surface area contributed by atoms with Crippen molar-refractivity contribution in [3.8, 4) is 0 Å². The van der Waals surface area contributed by atoms with Crippen molar-refractivity contribution in [2.45, 2.75) is 31.4 Å². The molecule has 8 heteroatoms. The fourth-order valence-corrected chi connectivity index (χ4v) is 2.65. The summed E-state index contributed by atoms with van der Waals surface area (Å²) in [6.07, 6.45) is 4.19. The van der Waals surface area contributed by atoms with E-state index < -0.39 is 10.9 Å². The first-order chi connectivity index (χ1) is 10.1. The van der Waals surface area contributed by atoms with Gasteiger partial charge in [0.25, 0.3) is 0 Å². The van der Waals surface area contributed by atoms with Gasteiger partial charge in [-0.1, -0.05) is 0 Å². The molecule has 0 aromatic carbocycles. The summed E-state index contributed by atoms with van der Waals surface area (Å²) >= 11 is 0. The fraction of sp³-hybridized carbons (Fsp3) is 0.538. The van der Waals surface area contributed by atoms with Crippen LogP contribution in [0, 0.1) is 16.0 Å². The average Bonchev–Trinajstić information content (AvgIpc) is 3.19. The van der Waals surface area contributed by atoms with Gasteiger partial charge in [0.05, 0.1) is 22.6 Å². The number of rotatable bonds is 5. The Morgan fingerprint density at radius 3 is 2.86 bits per heavy atom. The van der Waals surface area contributed by atoms with Crippen molar-refractivity contribution in [1.29, 1.82) is 0 Å². The van der Waals surface area contributed by atoms with Crippen molar-refractivity contribution in [3.63, 3.8) is 0 Å². The van der Waals surface area contributed by atoms with Crippen molar-refractivity contribution in [2.24, 2.45) is 5.92 Å². The topological polar surface area (TPSA) is 115 Å². The molecule has 2 atom stereocenters. The summed E-state index contributed by atoms with van der Waals surface area (Å²) < 4.78 is 5.67. The van der Waals surface area contributed by atoms with Crippen LogP contribution in [-0.2, 0) is 4.74 Å². The lowest BCUT2D eigenvalue weighted by Crippen LogP contribution is -2.31. The van der Waals surface area contributed by atoms with Crippen molar-refractivity contribution >= 4 is 17.5 Å². The molecule has 0 radical (unpaired) electrons. The van der Waals surface area contributed by atoms with Gasteiger partial charge in [-0.05, 0) is 25.2 Å². The molecule has 1 aliphatic heterocycles. The first-order valence-corrected chi connectivity index (χ1v) is 6.82. The lowest BCUT2D eigenvalue weighted by molar-refractivity contribution is -0.384. The second-order valence-electron chi connectivity index (χ2n) is 5.37. The van der Waals surface area contributed by atoms with Crippen LogP contribution in [0.2, 0.25) is 0 Å². The van der Waals surface area contributed by atoms with E-state index in [1.807, 2.05) is 0 Å². The zero-order chi connectivity index (χ0) is 15.0. The number of hydrogen-bond donors (Lipinski definition) is 2. The number of ether oxygens (including phenoxy) is 1. The smallest absolute Gasteiger partial charge is 0.337 e. The summed E-state index contributed by atoms with van der Waals surface area (Å²) in [6, 6.07) is 1.01. The van der Waals surface area contributed by atoms with Gasteiger partial charge in [-0.25, -0.2) is 9.78 Å². The molecule has 1 saturated carbocycles. The Hall–Kier alpha value is -2.22. The van der Waals surface area contributed by atoms with Gasteiger partial charge >= 0.3 is 11.7 Å². The number of nitrogens with zero attached hydrogens (tertiary/aromatic N) is 2. The molecule has 1 aromatic heterocycles. The Labute approximate surface area is 120 Å². The molecule has 2 heterocycles. The summed E-state index contributed by atoms with van der Waals surface area (Å²) in [5.74, 6) is -0.620. The summed E-state index contributed by atoms with van der Waals surface area (Å²) in [5, 5.41) is 23.0. The Kier molecular flexibility index (Phi) is 3.46. The molecule has 2 fully saturated rings. The van der Waals surface area contributed by atoms with Crippen molar-refractivity contribution in [1.82, 2.24) is 4.98 Å². The SMILES string of the molecule is O=C(O)c1cnc(NC2CCOC2C2CC2)c([N+](=O)[O-])c1. The van der Waals surface area contributed by atoms with Crippen LogP contribution < -0.4 is 5.32 Å². The molecule has 1 aliphatic carbocycles. The molecule has 112 valence electrons. The highest BCUT2D eigenvalue weighted by atomic mass is 16.6. The number of aromatic carboxylic acids is 1. The van der Waals surface area contributed by atoms with Crippen LogP contribution in [0.4, 0.5) is 11.5 Å². The Balaban J connectivity index is 1.83. The maximum absolute atomic E-state index is 11.1. The summed E-state index contributed by atoms with van der Waals surface area (Å²) in [4.78, 5) is 25.3. The van der Waals surface area contributed by atoms with Crippen LogP contribution in [0.3, 0.4) is 0 Å². The number of carboxylic acid groups (broad SMARTS) is 1. The summed E-state index contributed by atoms with van der Waals surface area (Å²) in [5.41, 5.74) is -0.523. The van der Waals surface area contributed by atoms with Crippen molar-refractivity contribution in [3.05, 3.63) is 27.9 Å². The monoisotopic (exact) mass is 293 g/mol. The van der Waals surface area contributed by atoms with Crippen molar-refractivity contribution in [2.75, 3.05) is 11.9 Å². The molecule has 1 saturated heterocycles. The predicted molar refractivity (Wildman–Crippen MR) is 72.3 cm³/mol. The van der Waals surface area contributed by atoms with E-state index in [0.717, 1.165) is 31.5 Å². The third-order valence-electron chi connectivity index (χ3n) is 3.86. The van der Waals surface area contributed by atoms with Gasteiger partial charge < -0.3 is 15.2 Å². The lowest BCUT2D eigenvalue weighted by Gasteiger charge is -2.19. The summed E-state index contributed by atoms with van der Waals surface area (Å²) in [6.45, 7) is 0.625. The molecule has 3 rings (SSSR count).